The Morgan fingerprint density at radius 2 is 1.64 bits per heavy atom. The monoisotopic (exact) mass is 293 g/mol. The van der Waals surface area contributed by atoms with E-state index in [0.717, 1.165) is 29.7 Å². The van der Waals surface area contributed by atoms with E-state index in [-0.39, 0.29) is 5.91 Å². The Balaban J connectivity index is 2.02. The zero-order valence-electron chi connectivity index (χ0n) is 13.1. The molecule has 1 N–H and O–H groups in total. The maximum atomic E-state index is 12.9. The minimum absolute atomic E-state index is 0.122. The average molecular weight is 293 g/mol. The molecule has 2 aromatic rings. The number of carbonyl (C=O) groups excluding carboxylic acids is 1. The summed E-state index contributed by atoms with van der Waals surface area (Å²) in [6.07, 6.45) is 5.57. The van der Waals surface area contributed by atoms with Crippen molar-refractivity contribution >= 4 is 11.6 Å². The molecule has 2 heteroatoms. The van der Waals surface area contributed by atoms with Gasteiger partial charge in [0.05, 0.1) is 0 Å². The van der Waals surface area contributed by atoms with E-state index in [9.17, 15) is 4.79 Å². The number of rotatable bonds is 6. The summed E-state index contributed by atoms with van der Waals surface area (Å²) in [5.41, 5.74) is 2.68. The van der Waals surface area contributed by atoms with E-state index in [1.165, 1.54) is 19.3 Å². The number of anilines is 1. The lowest BCUT2D eigenvalue weighted by Crippen LogP contribution is -2.35. The van der Waals surface area contributed by atoms with E-state index in [1.807, 2.05) is 36.4 Å². The van der Waals surface area contributed by atoms with Crippen LogP contribution in [-0.2, 0) is 10.2 Å². The third kappa shape index (κ3) is 2.43. The molecule has 1 aliphatic heterocycles. The first-order chi connectivity index (χ1) is 10.8. The third-order valence-corrected chi connectivity index (χ3v) is 4.69. The Bertz CT molecular complexity index is 650. The maximum absolute atomic E-state index is 12.9. The summed E-state index contributed by atoms with van der Waals surface area (Å²) in [4.78, 5) is 12.9. The van der Waals surface area contributed by atoms with Gasteiger partial charge in [-0.3, -0.25) is 4.79 Å². The number of fused-ring (bicyclic) bond motifs is 1. The van der Waals surface area contributed by atoms with E-state index in [0.29, 0.717) is 0 Å². The van der Waals surface area contributed by atoms with Gasteiger partial charge in [0.15, 0.2) is 0 Å². The summed E-state index contributed by atoms with van der Waals surface area (Å²) in [6, 6.07) is 18.3. The minimum Gasteiger partial charge on any atom is -0.325 e. The average Bonchev–Trinajstić information content (AvgIpc) is 2.85. The van der Waals surface area contributed by atoms with Gasteiger partial charge in [0, 0.05) is 5.69 Å². The minimum atomic E-state index is -0.522. The molecule has 1 aliphatic rings. The Morgan fingerprint density at radius 3 is 2.41 bits per heavy atom. The number of para-hydroxylation sites is 1. The van der Waals surface area contributed by atoms with Crippen molar-refractivity contribution in [1.29, 1.82) is 0 Å². The van der Waals surface area contributed by atoms with Gasteiger partial charge in [-0.25, -0.2) is 0 Å². The molecule has 0 aromatic heterocycles. The molecule has 0 spiro atoms. The smallest absolute Gasteiger partial charge is 0.239 e. The van der Waals surface area contributed by atoms with Gasteiger partial charge in [0.1, 0.15) is 5.41 Å². The highest BCUT2D eigenvalue weighted by atomic mass is 16.2. The number of hydrogen-bond acceptors (Lipinski definition) is 1. The molecule has 1 unspecified atom stereocenters. The lowest BCUT2D eigenvalue weighted by Gasteiger charge is -2.28. The molecule has 1 amide bonds. The molecule has 2 nitrogen and oxygen atoms in total. The lowest BCUT2D eigenvalue weighted by atomic mass is 9.72. The molecule has 22 heavy (non-hydrogen) atoms. The van der Waals surface area contributed by atoms with E-state index in [1.54, 1.807) is 0 Å². The van der Waals surface area contributed by atoms with Crippen molar-refractivity contribution in [1.82, 2.24) is 0 Å². The largest absolute Gasteiger partial charge is 0.325 e. The molecule has 1 atom stereocenters. The van der Waals surface area contributed by atoms with Crippen molar-refractivity contribution in [3.05, 3.63) is 65.7 Å². The van der Waals surface area contributed by atoms with Crippen molar-refractivity contribution in [2.75, 3.05) is 5.32 Å². The predicted molar refractivity (Wildman–Crippen MR) is 91.1 cm³/mol. The van der Waals surface area contributed by atoms with Crippen LogP contribution in [0.5, 0.6) is 0 Å². The summed E-state index contributed by atoms with van der Waals surface area (Å²) in [7, 11) is 0. The van der Waals surface area contributed by atoms with Crippen LogP contribution in [0.25, 0.3) is 0 Å². The van der Waals surface area contributed by atoms with Gasteiger partial charge in [-0.2, -0.15) is 0 Å². The fraction of sp³-hybridized carbons (Fsp3) is 0.350. The highest BCUT2D eigenvalue weighted by Crippen LogP contribution is 2.46. The summed E-state index contributed by atoms with van der Waals surface area (Å²) in [5.74, 6) is 0.122. The second kappa shape index (κ2) is 6.35. The Hall–Kier alpha value is -2.09. The lowest BCUT2D eigenvalue weighted by molar-refractivity contribution is -0.119. The van der Waals surface area contributed by atoms with Crippen LogP contribution < -0.4 is 5.32 Å². The van der Waals surface area contributed by atoms with Crippen LogP contribution in [0.15, 0.2) is 54.6 Å². The number of carbonyl (C=O) groups is 1. The van der Waals surface area contributed by atoms with Crippen LogP contribution in [-0.4, -0.2) is 5.91 Å². The first-order valence-electron chi connectivity index (χ1n) is 8.25. The Morgan fingerprint density at radius 1 is 0.909 bits per heavy atom. The molecule has 1 heterocycles. The van der Waals surface area contributed by atoms with Crippen LogP contribution in [0.3, 0.4) is 0 Å². The maximum Gasteiger partial charge on any atom is 0.239 e. The molecule has 0 radical (unpaired) electrons. The van der Waals surface area contributed by atoms with E-state index in [4.69, 9.17) is 0 Å². The summed E-state index contributed by atoms with van der Waals surface area (Å²) < 4.78 is 0. The standard InChI is InChI=1S/C20H23NO/c1-2-3-4-10-15-20(16-11-6-5-7-12-16)17-13-8-9-14-18(17)21-19(20)22/h5-9,11-14H,2-4,10,15H2,1H3,(H,21,22). The number of hydrogen-bond donors (Lipinski definition) is 1. The van der Waals surface area contributed by atoms with Crippen molar-refractivity contribution < 1.29 is 4.79 Å². The quantitative estimate of drug-likeness (QED) is 0.754. The van der Waals surface area contributed by atoms with E-state index < -0.39 is 5.41 Å². The molecule has 0 saturated heterocycles. The van der Waals surface area contributed by atoms with E-state index in [2.05, 4.69) is 30.4 Å². The molecule has 0 saturated carbocycles. The normalized spacial score (nSPS) is 19.8. The van der Waals surface area contributed by atoms with Crippen LogP contribution >= 0.6 is 0 Å². The predicted octanol–water partition coefficient (Wildman–Crippen LogP) is 4.90. The molecular formula is C20H23NO. The van der Waals surface area contributed by atoms with Crippen molar-refractivity contribution in [3.63, 3.8) is 0 Å². The SMILES string of the molecule is CCCCCCC1(c2ccccc2)C(=O)Nc2ccccc21. The highest BCUT2D eigenvalue weighted by molar-refractivity contribution is 6.08. The molecule has 114 valence electrons. The highest BCUT2D eigenvalue weighted by Gasteiger charge is 2.47. The zero-order valence-corrected chi connectivity index (χ0v) is 13.1. The molecule has 0 fully saturated rings. The second-order valence-electron chi connectivity index (χ2n) is 6.08. The number of benzene rings is 2. The van der Waals surface area contributed by atoms with Gasteiger partial charge in [0.25, 0.3) is 0 Å². The van der Waals surface area contributed by atoms with Gasteiger partial charge in [-0.05, 0) is 23.6 Å². The zero-order chi connectivity index (χ0) is 15.4. The molecule has 2 aromatic carbocycles. The van der Waals surface area contributed by atoms with Gasteiger partial charge in [0.2, 0.25) is 5.91 Å². The first kappa shape index (κ1) is 14.8. The molecular weight excluding hydrogens is 270 g/mol. The third-order valence-electron chi connectivity index (χ3n) is 4.69. The van der Waals surface area contributed by atoms with Crippen molar-refractivity contribution in [2.24, 2.45) is 0 Å². The number of nitrogens with one attached hydrogen (secondary N) is 1. The summed E-state index contributed by atoms with van der Waals surface area (Å²) in [6.45, 7) is 2.21. The molecule has 3 rings (SSSR count). The first-order valence-corrected chi connectivity index (χ1v) is 8.25. The Labute approximate surface area is 132 Å². The summed E-state index contributed by atoms with van der Waals surface area (Å²) in [5, 5.41) is 3.09. The number of unbranched alkanes of at least 4 members (excludes halogenated alkanes) is 3. The van der Waals surface area contributed by atoms with Gasteiger partial charge >= 0.3 is 0 Å². The fourth-order valence-electron chi connectivity index (χ4n) is 3.53. The fourth-order valence-corrected chi connectivity index (χ4v) is 3.53. The van der Waals surface area contributed by atoms with Crippen LogP contribution in [0.2, 0.25) is 0 Å². The van der Waals surface area contributed by atoms with Crippen LogP contribution in [0, 0.1) is 0 Å². The second-order valence-corrected chi connectivity index (χ2v) is 6.08. The van der Waals surface area contributed by atoms with E-state index >= 15 is 0 Å². The summed E-state index contributed by atoms with van der Waals surface area (Å²) >= 11 is 0. The number of amides is 1. The van der Waals surface area contributed by atoms with Crippen molar-refractivity contribution in [3.8, 4) is 0 Å². The van der Waals surface area contributed by atoms with Crippen molar-refractivity contribution in [2.45, 2.75) is 44.4 Å². The van der Waals surface area contributed by atoms with Gasteiger partial charge in [-0.1, -0.05) is 81.1 Å². The molecule has 0 aliphatic carbocycles. The van der Waals surface area contributed by atoms with Gasteiger partial charge < -0.3 is 5.32 Å². The molecule has 0 bridgehead atoms. The van der Waals surface area contributed by atoms with Gasteiger partial charge in [-0.15, -0.1) is 0 Å². The topological polar surface area (TPSA) is 29.1 Å². The Kier molecular flexibility index (Phi) is 4.28. The van der Waals surface area contributed by atoms with Crippen LogP contribution in [0.1, 0.15) is 50.2 Å². The van der Waals surface area contributed by atoms with Crippen LogP contribution in [0.4, 0.5) is 5.69 Å².